The maximum absolute atomic E-state index is 2.65. The van der Waals surface area contributed by atoms with Crippen molar-refractivity contribution in [3.05, 3.63) is 30.3 Å². The molecule has 0 amide bonds. The first kappa shape index (κ1) is 10.9. The van der Waals surface area contributed by atoms with Gasteiger partial charge < -0.3 is 4.90 Å². The Morgan fingerprint density at radius 2 is 1.67 bits per heavy atom. The Morgan fingerprint density at radius 3 is 2.27 bits per heavy atom. The number of hydrogen-bond acceptors (Lipinski definition) is 1. The van der Waals surface area contributed by atoms with E-state index in [9.17, 15) is 0 Å². The molecule has 1 fully saturated rings. The molecule has 1 aromatic rings. The fourth-order valence-corrected chi connectivity index (χ4v) is 5.19. The van der Waals surface area contributed by atoms with E-state index in [2.05, 4.69) is 48.3 Å². The number of benzene rings is 1. The highest BCUT2D eigenvalue weighted by molar-refractivity contribution is 6.89. The Bertz CT molecular complexity index is 302. The number of nitrogens with zero attached hydrogens (tertiary/aromatic N) is 1. The Balaban J connectivity index is 2.05. The molecule has 1 nitrogen and oxygen atoms in total. The van der Waals surface area contributed by atoms with Gasteiger partial charge in [0.1, 0.15) is 0 Å². The normalized spacial score (nSPS) is 18.3. The maximum Gasteiger partial charge on any atom is 0.0948 e. The molecule has 0 atom stereocenters. The summed E-state index contributed by atoms with van der Waals surface area (Å²) in [6, 6.07) is 11.1. The summed E-state index contributed by atoms with van der Waals surface area (Å²) in [6.07, 6.45) is 4.13. The second kappa shape index (κ2) is 4.50. The van der Waals surface area contributed by atoms with Crippen LogP contribution in [-0.2, 0) is 0 Å². The van der Waals surface area contributed by atoms with Crippen molar-refractivity contribution in [1.82, 2.24) is 4.90 Å². The van der Waals surface area contributed by atoms with Crippen molar-refractivity contribution in [3.63, 3.8) is 0 Å². The second-order valence-electron chi connectivity index (χ2n) is 5.23. The molecule has 82 valence electrons. The first-order valence-electron chi connectivity index (χ1n) is 5.96. The highest BCUT2D eigenvalue weighted by Crippen LogP contribution is 2.12. The summed E-state index contributed by atoms with van der Waals surface area (Å²) in [6.45, 7) is 7.62. The third-order valence-corrected chi connectivity index (χ3v) is 6.51. The van der Waals surface area contributed by atoms with Crippen LogP contribution >= 0.6 is 0 Å². The van der Waals surface area contributed by atoms with Crippen LogP contribution in [0.4, 0.5) is 0 Å². The standard InChI is InChI=1S/C13H21NSi/c1-15(2,12-14-10-6-7-11-14)13-8-4-3-5-9-13/h3-5,8-9H,6-7,10-12H2,1-2H3. The van der Waals surface area contributed by atoms with Crippen molar-refractivity contribution in [2.75, 3.05) is 19.3 Å². The lowest BCUT2D eigenvalue weighted by Gasteiger charge is -2.28. The van der Waals surface area contributed by atoms with Crippen molar-refractivity contribution < 1.29 is 0 Å². The van der Waals surface area contributed by atoms with Crippen LogP contribution < -0.4 is 5.19 Å². The van der Waals surface area contributed by atoms with Crippen molar-refractivity contribution in [1.29, 1.82) is 0 Å². The van der Waals surface area contributed by atoms with Crippen LogP contribution in [-0.4, -0.2) is 32.2 Å². The zero-order chi connectivity index (χ0) is 10.7. The first-order valence-corrected chi connectivity index (χ1v) is 9.17. The molecule has 0 N–H and O–H groups in total. The molecule has 0 saturated carbocycles. The van der Waals surface area contributed by atoms with Crippen molar-refractivity contribution in [2.45, 2.75) is 25.9 Å². The van der Waals surface area contributed by atoms with E-state index in [4.69, 9.17) is 0 Å². The second-order valence-corrected chi connectivity index (χ2v) is 9.89. The van der Waals surface area contributed by atoms with Crippen LogP contribution in [0.2, 0.25) is 13.1 Å². The van der Waals surface area contributed by atoms with Crippen LogP contribution in [0, 0.1) is 0 Å². The van der Waals surface area contributed by atoms with E-state index in [1.54, 1.807) is 5.19 Å². The van der Waals surface area contributed by atoms with Gasteiger partial charge in [0, 0.05) is 0 Å². The summed E-state index contributed by atoms with van der Waals surface area (Å²) in [5, 5.41) is 1.59. The van der Waals surface area contributed by atoms with Gasteiger partial charge in [0.15, 0.2) is 0 Å². The number of hydrogen-bond donors (Lipinski definition) is 0. The van der Waals surface area contributed by atoms with Gasteiger partial charge in [-0.1, -0.05) is 48.6 Å². The quantitative estimate of drug-likeness (QED) is 0.705. The third-order valence-electron chi connectivity index (χ3n) is 3.37. The van der Waals surface area contributed by atoms with Crippen LogP contribution in [0.1, 0.15) is 12.8 Å². The van der Waals surface area contributed by atoms with Crippen molar-refractivity contribution in [3.8, 4) is 0 Å². The molecule has 2 heteroatoms. The molecule has 2 rings (SSSR count). The lowest BCUT2D eigenvalue weighted by Crippen LogP contribution is -2.51. The first-order chi connectivity index (χ1) is 7.18. The topological polar surface area (TPSA) is 3.24 Å². The van der Waals surface area contributed by atoms with Gasteiger partial charge in [-0.25, -0.2) is 0 Å². The molecule has 1 heterocycles. The van der Waals surface area contributed by atoms with Crippen LogP contribution in [0.25, 0.3) is 0 Å². The average molecular weight is 219 g/mol. The SMILES string of the molecule is C[Si](C)(CN1CCCC1)c1ccccc1. The fourth-order valence-electron chi connectivity index (χ4n) is 2.48. The predicted molar refractivity (Wildman–Crippen MR) is 69.2 cm³/mol. The van der Waals surface area contributed by atoms with E-state index < -0.39 is 8.07 Å². The average Bonchev–Trinajstić information content (AvgIpc) is 2.71. The van der Waals surface area contributed by atoms with Crippen LogP contribution in [0.15, 0.2) is 30.3 Å². The molecular weight excluding hydrogens is 198 g/mol. The number of likely N-dealkylation sites (tertiary alicyclic amines) is 1. The zero-order valence-corrected chi connectivity index (χ0v) is 10.9. The van der Waals surface area contributed by atoms with Gasteiger partial charge >= 0.3 is 0 Å². The molecule has 0 aliphatic carbocycles. The summed E-state index contributed by atoms with van der Waals surface area (Å²) >= 11 is 0. The predicted octanol–water partition coefficient (Wildman–Crippen LogP) is 2.24. The molecule has 0 unspecified atom stereocenters. The molecule has 0 spiro atoms. The summed E-state index contributed by atoms with van der Waals surface area (Å²) < 4.78 is 0. The largest absolute Gasteiger partial charge is 0.306 e. The minimum Gasteiger partial charge on any atom is -0.306 e. The Hall–Kier alpha value is -0.603. The van der Waals surface area contributed by atoms with Gasteiger partial charge in [0.2, 0.25) is 0 Å². The molecule has 1 aromatic carbocycles. The van der Waals surface area contributed by atoms with Crippen molar-refractivity contribution >= 4 is 13.3 Å². The van der Waals surface area contributed by atoms with E-state index >= 15 is 0 Å². The Morgan fingerprint density at radius 1 is 1.07 bits per heavy atom. The summed E-state index contributed by atoms with van der Waals surface area (Å²) in [5.41, 5.74) is 0. The van der Waals surface area contributed by atoms with Gasteiger partial charge in [-0.05, 0) is 32.1 Å². The monoisotopic (exact) mass is 219 g/mol. The van der Waals surface area contributed by atoms with E-state index in [-0.39, 0.29) is 0 Å². The highest BCUT2D eigenvalue weighted by atomic mass is 28.3. The van der Waals surface area contributed by atoms with Gasteiger partial charge in [-0.3, -0.25) is 0 Å². The molecule has 1 aliphatic rings. The van der Waals surface area contributed by atoms with E-state index in [1.165, 1.54) is 32.1 Å². The maximum atomic E-state index is 2.65. The van der Waals surface area contributed by atoms with Gasteiger partial charge in [0.25, 0.3) is 0 Å². The lowest BCUT2D eigenvalue weighted by molar-refractivity contribution is 0.390. The van der Waals surface area contributed by atoms with E-state index in [0.29, 0.717) is 0 Å². The third kappa shape index (κ3) is 2.70. The molecule has 1 aliphatic heterocycles. The van der Waals surface area contributed by atoms with Gasteiger partial charge in [-0.15, -0.1) is 0 Å². The zero-order valence-electron chi connectivity index (χ0n) is 9.87. The Kier molecular flexibility index (Phi) is 3.27. The smallest absolute Gasteiger partial charge is 0.0948 e. The molecule has 0 radical (unpaired) electrons. The van der Waals surface area contributed by atoms with Gasteiger partial charge in [0.05, 0.1) is 8.07 Å². The fraction of sp³-hybridized carbons (Fsp3) is 0.538. The lowest BCUT2D eigenvalue weighted by atomic mass is 10.4. The van der Waals surface area contributed by atoms with Gasteiger partial charge in [-0.2, -0.15) is 0 Å². The molecule has 15 heavy (non-hydrogen) atoms. The van der Waals surface area contributed by atoms with E-state index in [1.807, 2.05) is 0 Å². The molecule has 0 aromatic heterocycles. The van der Waals surface area contributed by atoms with Crippen molar-refractivity contribution in [2.24, 2.45) is 0 Å². The summed E-state index contributed by atoms with van der Waals surface area (Å²) in [7, 11) is -1.22. The van der Waals surface area contributed by atoms with E-state index in [0.717, 1.165) is 0 Å². The minimum absolute atomic E-state index is 1.22. The number of rotatable bonds is 3. The summed E-state index contributed by atoms with van der Waals surface area (Å²) in [4.78, 5) is 2.65. The molecular formula is C13H21NSi. The van der Waals surface area contributed by atoms with Crippen LogP contribution in [0.5, 0.6) is 0 Å². The Labute approximate surface area is 94.1 Å². The molecule has 0 bridgehead atoms. The summed E-state index contributed by atoms with van der Waals surface area (Å²) in [5.74, 6) is 0. The van der Waals surface area contributed by atoms with Crippen LogP contribution in [0.3, 0.4) is 0 Å². The highest BCUT2D eigenvalue weighted by Gasteiger charge is 2.27. The minimum atomic E-state index is -1.22. The molecule has 1 saturated heterocycles.